The molecule has 0 aliphatic heterocycles. The van der Waals surface area contributed by atoms with Crippen molar-refractivity contribution < 1.29 is 9.90 Å². The molecule has 0 saturated heterocycles. The van der Waals surface area contributed by atoms with Crippen LogP contribution in [0.2, 0.25) is 5.02 Å². The molecule has 3 nitrogen and oxygen atoms in total. The lowest BCUT2D eigenvalue weighted by Crippen LogP contribution is -1.97. The van der Waals surface area contributed by atoms with Gasteiger partial charge in [0.1, 0.15) is 0 Å². The molecule has 0 saturated carbocycles. The SMILES string of the molecule is Cc1cc(Cl)cc(-c2ccc(C(=O)O)cn2)c1. The number of pyridine rings is 1. The fourth-order valence-corrected chi connectivity index (χ4v) is 1.87. The fraction of sp³-hybridized carbons (Fsp3) is 0.0769. The highest BCUT2D eigenvalue weighted by Gasteiger charge is 2.05. The minimum Gasteiger partial charge on any atom is -0.478 e. The molecule has 0 amide bonds. The molecule has 0 fully saturated rings. The van der Waals surface area contributed by atoms with Gasteiger partial charge in [0.05, 0.1) is 11.3 Å². The van der Waals surface area contributed by atoms with Gasteiger partial charge in [-0.2, -0.15) is 0 Å². The molecule has 1 aromatic heterocycles. The van der Waals surface area contributed by atoms with Crippen LogP contribution in [0.25, 0.3) is 11.3 Å². The number of halogens is 1. The maximum absolute atomic E-state index is 10.7. The molecule has 0 aliphatic carbocycles. The molecule has 2 rings (SSSR count). The van der Waals surface area contributed by atoms with Gasteiger partial charge >= 0.3 is 5.97 Å². The maximum Gasteiger partial charge on any atom is 0.337 e. The summed E-state index contributed by atoms with van der Waals surface area (Å²) in [5, 5.41) is 9.42. The molecule has 1 heterocycles. The molecule has 1 aromatic carbocycles. The standard InChI is InChI=1S/C13H10ClNO2/c1-8-4-10(6-11(14)5-8)12-3-2-9(7-15-12)13(16)17/h2-7H,1H3,(H,16,17). The molecule has 1 N–H and O–H groups in total. The highest BCUT2D eigenvalue weighted by molar-refractivity contribution is 6.30. The smallest absolute Gasteiger partial charge is 0.337 e. The highest BCUT2D eigenvalue weighted by atomic mass is 35.5. The van der Waals surface area contributed by atoms with Crippen LogP contribution in [0.15, 0.2) is 36.5 Å². The predicted molar refractivity (Wildman–Crippen MR) is 66.4 cm³/mol. The Morgan fingerprint density at radius 1 is 1.29 bits per heavy atom. The van der Waals surface area contributed by atoms with Crippen LogP contribution in [0.1, 0.15) is 15.9 Å². The summed E-state index contributed by atoms with van der Waals surface area (Å²) in [6, 6.07) is 8.82. The summed E-state index contributed by atoms with van der Waals surface area (Å²) >= 11 is 5.96. The highest BCUT2D eigenvalue weighted by Crippen LogP contribution is 2.23. The van der Waals surface area contributed by atoms with Gasteiger partial charge in [-0.15, -0.1) is 0 Å². The van der Waals surface area contributed by atoms with Crippen molar-refractivity contribution in [1.82, 2.24) is 4.98 Å². The van der Waals surface area contributed by atoms with Gasteiger partial charge in [-0.3, -0.25) is 4.98 Å². The van der Waals surface area contributed by atoms with Crippen molar-refractivity contribution in [3.63, 3.8) is 0 Å². The number of aryl methyl sites for hydroxylation is 1. The van der Waals surface area contributed by atoms with Crippen LogP contribution in [-0.2, 0) is 0 Å². The Kier molecular flexibility index (Phi) is 3.11. The number of benzene rings is 1. The molecule has 4 heteroatoms. The number of aromatic carboxylic acids is 1. The minimum atomic E-state index is -0.980. The number of aromatic nitrogens is 1. The van der Waals surface area contributed by atoms with E-state index in [1.165, 1.54) is 12.3 Å². The molecule has 86 valence electrons. The molecule has 2 aromatic rings. The summed E-state index contributed by atoms with van der Waals surface area (Å²) in [6.45, 7) is 1.95. The van der Waals surface area contributed by atoms with Crippen molar-refractivity contribution >= 4 is 17.6 Å². The lowest BCUT2D eigenvalue weighted by Gasteiger charge is -2.03. The fourth-order valence-electron chi connectivity index (χ4n) is 1.58. The van der Waals surface area contributed by atoms with Crippen molar-refractivity contribution in [1.29, 1.82) is 0 Å². The molecule has 0 spiro atoms. The largest absolute Gasteiger partial charge is 0.478 e. The van der Waals surface area contributed by atoms with Crippen molar-refractivity contribution in [3.05, 3.63) is 52.7 Å². The first-order valence-corrected chi connectivity index (χ1v) is 5.41. The van der Waals surface area contributed by atoms with Gasteiger partial charge in [-0.1, -0.05) is 11.6 Å². The van der Waals surface area contributed by atoms with Gasteiger partial charge in [0.25, 0.3) is 0 Å². The van der Waals surface area contributed by atoms with Gasteiger partial charge in [-0.25, -0.2) is 4.79 Å². The van der Waals surface area contributed by atoms with Gasteiger partial charge in [0.2, 0.25) is 0 Å². The molecule has 0 atom stereocenters. The summed E-state index contributed by atoms with van der Waals surface area (Å²) in [7, 11) is 0. The zero-order valence-electron chi connectivity index (χ0n) is 9.14. The van der Waals surface area contributed by atoms with Crippen LogP contribution in [0, 0.1) is 6.92 Å². The first kappa shape index (κ1) is 11.6. The third-order valence-corrected chi connectivity index (χ3v) is 2.57. The van der Waals surface area contributed by atoms with E-state index in [0.717, 1.165) is 11.1 Å². The monoisotopic (exact) mass is 247 g/mol. The third-order valence-electron chi connectivity index (χ3n) is 2.35. The number of carboxylic acids is 1. The molecule has 0 bridgehead atoms. The Bertz CT molecular complexity index is 544. The van der Waals surface area contributed by atoms with Gasteiger partial charge in [0, 0.05) is 16.8 Å². The number of carboxylic acid groups (broad SMARTS) is 1. The Hall–Kier alpha value is -1.87. The molecule has 0 radical (unpaired) electrons. The van der Waals surface area contributed by atoms with Crippen LogP contribution in [-0.4, -0.2) is 16.1 Å². The second-order valence-corrected chi connectivity index (χ2v) is 4.19. The van der Waals surface area contributed by atoms with E-state index in [2.05, 4.69) is 4.98 Å². The molecular weight excluding hydrogens is 238 g/mol. The lowest BCUT2D eigenvalue weighted by molar-refractivity contribution is 0.0696. The molecule has 17 heavy (non-hydrogen) atoms. The van der Waals surface area contributed by atoms with Gasteiger partial charge < -0.3 is 5.11 Å². The second-order valence-electron chi connectivity index (χ2n) is 3.75. The van der Waals surface area contributed by atoms with E-state index in [4.69, 9.17) is 16.7 Å². The Morgan fingerprint density at radius 3 is 2.59 bits per heavy atom. The Balaban J connectivity index is 2.43. The first-order valence-electron chi connectivity index (χ1n) is 5.03. The maximum atomic E-state index is 10.7. The van der Waals surface area contributed by atoms with Crippen molar-refractivity contribution in [2.24, 2.45) is 0 Å². The number of nitrogens with zero attached hydrogens (tertiary/aromatic N) is 1. The average molecular weight is 248 g/mol. The zero-order valence-corrected chi connectivity index (χ0v) is 9.90. The number of rotatable bonds is 2. The van der Waals surface area contributed by atoms with Crippen LogP contribution in [0.4, 0.5) is 0 Å². The van der Waals surface area contributed by atoms with Crippen LogP contribution < -0.4 is 0 Å². The number of carbonyl (C=O) groups is 1. The first-order chi connectivity index (χ1) is 8.06. The van der Waals surface area contributed by atoms with Crippen molar-refractivity contribution in [2.45, 2.75) is 6.92 Å². The second kappa shape index (κ2) is 4.55. The Morgan fingerprint density at radius 2 is 2.06 bits per heavy atom. The number of hydrogen-bond donors (Lipinski definition) is 1. The molecule has 0 unspecified atom stereocenters. The normalized spacial score (nSPS) is 10.2. The van der Waals surface area contributed by atoms with Gasteiger partial charge in [-0.05, 0) is 42.8 Å². The zero-order chi connectivity index (χ0) is 12.4. The van der Waals surface area contributed by atoms with E-state index >= 15 is 0 Å². The minimum absolute atomic E-state index is 0.174. The summed E-state index contributed by atoms with van der Waals surface area (Å²) in [6.07, 6.45) is 1.34. The van der Waals surface area contributed by atoms with Crippen LogP contribution in [0.3, 0.4) is 0 Å². The summed E-state index contributed by atoms with van der Waals surface area (Å²) in [5.41, 5.74) is 2.80. The summed E-state index contributed by atoms with van der Waals surface area (Å²) < 4.78 is 0. The van der Waals surface area contributed by atoms with Crippen LogP contribution in [0.5, 0.6) is 0 Å². The van der Waals surface area contributed by atoms with Crippen LogP contribution >= 0.6 is 11.6 Å². The van der Waals surface area contributed by atoms with E-state index in [0.29, 0.717) is 10.7 Å². The third kappa shape index (κ3) is 2.63. The number of hydrogen-bond acceptors (Lipinski definition) is 2. The lowest BCUT2D eigenvalue weighted by atomic mass is 10.1. The quantitative estimate of drug-likeness (QED) is 0.885. The van der Waals surface area contributed by atoms with E-state index < -0.39 is 5.97 Å². The van der Waals surface area contributed by atoms with E-state index in [1.54, 1.807) is 12.1 Å². The summed E-state index contributed by atoms with van der Waals surface area (Å²) in [4.78, 5) is 14.8. The molecular formula is C13H10ClNO2. The van der Waals surface area contributed by atoms with Crippen molar-refractivity contribution in [2.75, 3.05) is 0 Å². The van der Waals surface area contributed by atoms with E-state index in [-0.39, 0.29) is 5.56 Å². The van der Waals surface area contributed by atoms with Crippen molar-refractivity contribution in [3.8, 4) is 11.3 Å². The predicted octanol–water partition coefficient (Wildman–Crippen LogP) is 3.41. The summed E-state index contributed by atoms with van der Waals surface area (Å²) in [5.74, 6) is -0.980. The topological polar surface area (TPSA) is 50.2 Å². The van der Waals surface area contributed by atoms with E-state index in [1.807, 2.05) is 19.1 Å². The Labute approximate surface area is 104 Å². The van der Waals surface area contributed by atoms with E-state index in [9.17, 15) is 4.79 Å². The van der Waals surface area contributed by atoms with Gasteiger partial charge in [0.15, 0.2) is 0 Å². The average Bonchev–Trinajstić information content (AvgIpc) is 2.28. The molecule has 0 aliphatic rings.